The Morgan fingerprint density at radius 3 is 2.39 bits per heavy atom. The zero-order valence-corrected chi connectivity index (χ0v) is 38.3. The molecule has 0 saturated carbocycles. The number of H-pyrrole nitrogens is 1. The number of Topliss-reactive ketones (excluding diaryl/α,β-unsaturated/α-hetero) is 1. The summed E-state index contributed by atoms with van der Waals surface area (Å²) >= 11 is 1.96. The molecule has 356 valence electrons. The number of hydrogen-bond donors (Lipinski definition) is 6. The molecule has 18 nitrogen and oxygen atoms in total. The van der Waals surface area contributed by atoms with E-state index in [1.807, 2.05) is 11.8 Å². The van der Waals surface area contributed by atoms with Crippen LogP contribution >= 0.6 is 11.8 Å². The molecule has 3 amide bonds. The summed E-state index contributed by atoms with van der Waals surface area (Å²) in [5.74, 6) is -1.24. The van der Waals surface area contributed by atoms with Crippen molar-refractivity contribution in [2.45, 2.75) is 61.4 Å². The third kappa shape index (κ3) is 11.1. The number of allylic oxidation sites excluding steroid dienone is 2. The van der Waals surface area contributed by atoms with E-state index < -0.39 is 23.3 Å². The number of phenolic OH excluding ortho intramolecular Hbond substituents is 1. The van der Waals surface area contributed by atoms with Gasteiger partial charge in [0, 0.05) is 60.0 Å². The van der Waals surface area contributed by atoms with E-state index in [9.17, 15) is 29.1 Å². The van der Waals surface area contributed by atoms with Crippen LogP contribution in [0.5, 0.6) is 11.5 Å². The van der Waals surface area contributed by atoms with Crippen LogP contribution < -0.4 is 26.0 Å². The van der Waals surface area contributed by atoms with Crippen LogP contribution in [0.15, 0.2) is 65.9 Å². The van der Waals surface area contributed by atoms with Gasteiger partial charge in [-0.2, -0.15) is 11.8 Å². The van der Waals surface area contributed by atoms with Crippen molar-refractivity contribution in [2.75, 3.05) is 92.4 Å². The summed E-state index contributed by atoms with van der Waals surface area (Å²) in [5.41, 5.74) is -0.0803. The number of carbonyl (C=O) groups excluding carboxylic acids is 5. The Morgan fingerprint density at radius 2 is 1.64 bits per heavy atom. The number of methoxy groups -OCH3 is 2. The standard InChI is InChI=1S/C47H60N6O12S/c1-60-44(57)35-25-30(42(56)33-9-3-4-10-38(33)54)27-53-18-14-32-34-26-31(12-13-36(34)50-43(32)47(35,53)45(58)61-2)65-28-40(55)49-17-8-20-63-22-24-64-23-21-62-19-7-16-48-15-6-5-11-39-41-37(29-66-39)51-46(59)52-41/h3-4,9-10,12-13,25-27,37,39,41,48,50,54H,5-8,11,14-24,28-29H2,1-2H3,(H,49,55)(H2,51,52,59). The minimum absolute atomic E-state index is 0.0277. The molecule has 0 spiro atoms. The average molecular weight is 933 g/mol. The number of ketones is 1. The van der Waals surface area contributed by atoms with Gasteiger partial charge in [0.25, 0.3) is 5.91 Å². The lowest BCUT2D eigenvalue weighted by Gasteiger charge is -2.46. The fraction of sp³-hybridized carbons (Fsp3) is 0.511. The molecule has 4 aliphatic heterocycles. The minimum atomic E-state index is -1.82. The molecule has 0 bridgehead atoms. The van der Waals surface area contributed by atoms with Gasteiger partial charge in [-0.15, -0.1) is 0 Å². The van der Waals surface area contributed by atoms with Crippen molar-refractivity contribution >= 4 is 52.3 Å². The lowest BCUT2D eigenvalue weighted by Crippen LogP contribution is -2.58. The van der Waals surface area contributed by atoms with Crippen molar-refractivity contribution < 1.29 is 57.5 Å². The van der Waals surface area contributed by atoms with E-state index in [2.05, 4.69) is 26.3 Å². The monoisotopic (exact) mass is 932 g/mol. The average Bonchev–Trinajstić information content (AvgIpc) is 4.02. The molecular formula is C47H60N6O12S. The SMILES string of the molecule is COC(=O)C1=CC(C(=O)c2ccccc2O)=CN2CCc3c([nH]c4ccc(OCC(=O)NCCCOCCOCCOCCCNCCCCC5SCC6NC(=O)NC65)cc34)C12C(=O)OC. The number of hydrogen-bond acceptors (Lipinski definition) is 15. The second kappa shape index (κ2) is 23.2. The summed E-state index contributed by atoms with van der Waals surface area (Å²) in [7, 11) is 2.41. The highest BCUT2D eigenvalue weighted by Crippen LogP contribution is 2.48. The highest BCUT2D eigenvalue weighted by molar-refractivity contribution is 8.00. The normalized spacial score (nSPS) is 20.6. The van der Waals surface area contributed by atoms with Crippen LogP contribution in [-0.2, 0) is 50.0 Å². The smallest absolute Gasteiger partial charge is 0.343 e. The van der Waals surface area contributed by atoms with Gasteiger partial charge >= 0.3 is 18.0 Å². The van der Waals surface area contributed by atoms with Crippen LogP contribution in [0.3, 0.4) is 0 Å². The van der Waals surface area contributed by atoms with Crippen molar-refractivity contribution in [1.29, 1.82) is 0 Å². The molecule has 4 aliphatic rings. The first kappa shape index (κ1) is 48.3. The largest absolute Gasteiger partial charge is 0.507 e. The van der Waals surface area contributed by atoms with E-state index in [1.54, 1.807) is 35.2 Å². The Labute approximate surface area is 387 Å². The number of para-hydroxylation sites is 1. The first-order valence-electron chi connectivity index (χ1n) is 22.5. The van der Waals surface area contributed by atoms with E-state index >= 15 is 0 Å². The number of aromatic nitrogens is 1. The summed E-state index contributed by atoms with van der Waals surface area (Å²) in [6.07, 6.45) is 8.18. The van der Waals surface area contributed by atoms with Gasteiger partial charge in [0.1, 0.15) is 11.5 Å². The number of thioether (sulfide) groups is 1. The number of ether oxygens (including phenoxy) is 6. The number of nitrogens with zero attached hydrogens (tertiary/aromatic N) is 1. The van der Waals surface area contributed by atoms with Crippen molar-refractivity contribution in [3.05, 3.63) is 82.7 Å². The molecule has 4 unspecified atom stereocenters. The second-order valence-corrected chi connectivity index (χ2v) is 17.6. The molecule has 0 aliphatic carbocycles. The molecule has 2 saturated heterocycles. The Bertz CT molecular complexity index is 2280. The Hall–Kier alpha value is -5.60. The van der Waals surface area contributed by atoms with Gasteiger partial charge in [-0.25, -0.2) is 14.4 Å². The number of nitrogens with one attached hydrogen (secondary N) is 5. The number of carbonyl (C=O) groups is 5. The van der Waals surface area contributed by atoms with Crippen LogP contribution in [0.4, 0.5) is 4.79 Å². The number of aromatic hydroxyl groups is 1. The molecule has 4 atom stereocenters. The van der Waals surface area contributed by atoms with Crippen LogP contribution in [0.2, 0.25) is 0 Å². The Balaban J connectivity index is 0.773. The zero-order chi connectivity index (χ0) is 46.5. The molecule has 1 aromatic heterocycles. The van der Waals surface area contributed by atoms with Crippen molar-refractivity contribution in [1.82, 2.24) is 31.2 Å². The fourth-order valence-electron chi connectivity index (χ4n) is 8.89. The van der Waals surface area contributed by atoms with Crippen molar-refractivity contribution in [2.24, 2.45) is 0 Å². The molecule has 5 heterocycles. The molecule has 7 rings (SSSR count). The second-order valence-electron chi connectivity index (χ2n) is 16.4. The number of phenols is 1. The van der Waals surface area contributed by atoms with Gasteiger partial charge in [-0.1, -0.05) is 18.6 Å². The van der Waals surface area contributed by atoms with Gasteiger partial charge in [0.15, 0.2) is 12.4 Å². The van der Waals surface area contributed by atoms with E-state index in [0.29, 0.717) is 81.2 Å². The van der Waals surface area contributed by atoms with Crippen molar-refractivity contribution in [3.63, 3.8) is 0 Å². The Kier molecular flexibility index (Phi) is 17.0. The number of esters is 2. The number of urea groups is 1. The van der Waals surface area contributed by atoms with E-state index in [4.69, 9.17) is 28.4 Å². The molecule has 0 radical (unpaired) electrons. The molecule has 2 fully saturated rings. The number of rotatable bonds is 26. The predicted molar refractivity (Wildman–Crippen MR) is 245 cm³/mol. The lowest BCUT2D eigenvalue weighted by molar-refractivity contribution is -0.156. The van der Waals surface area contributed by atoms with Crippen LogP contribution in [-0.4, -0.2) is 154 Å². The maximum absolute atomic E-state index is 14.0. The zero-order valence-electron chi connectivity index (χ0n) is 37.4. The quantitative estimate of drug-likeness (QED) is 0.0294. The molecular weight excluding hydrogens is 873 g/mol. The number of benzene rings is 2. The number of aromatic amines is 1. The molecule has 19 heteroatoms. The molecule has 2 aromatic carbocycles. The van der Waals surface area contributed by atoms with Crippen molar-refractivity contribution in [3.8, 4) is 11.5 Å². The Morgan fingerprint density at radius 1 is 0.894 bits per heavy atom. The highest BCUT2D eigenvalue weighted by atomic mass is 32.2. The topological polar surface area (TPSA) is 228 Å². The summed E-state index contributed by atoms with van der Waals surface area (Å²) in [5, 5.41) is 24.0. The van der Waals surface area contributed by atoms with E-state index in [1.165, 1.54) is 38.6 Å². The summed E-state index contributed by atoms with van der Waals surface area (Å²) < 4.78 is 33.3. The molecule has 6 N–H and O–H groups in total. The summed E-state index contributed by atoms with van der Waals surface area (Å²) in [6, 6.07) is 11.9. The fourth-order valence-corrected chi connectivity index (χ4v) is 10.4. The maximum Gasteiger partial charge on any atom is 0.343 e. The predicted octanol–water partition coefficient (Wildman–Crippen LogP) is 3.23. The number of unbranched alkanes of at least 4 members (excludes halogenated alkanes) is 1. The van der Waals surface area contributed by atoms with E-state index in [0.717, 1.165) is 55.5 Å². The number of fused-ring (bicyclic) bond motifs is 6. The number of amides is 3. The first-order valence-corrected chi connectivity index (χ1v) is 23.6. The third-order valence-electron chi connectivity index (χ3n) is 12.1. The lowest BCUT2D eigenvalue weighted by atomic mass is 9.75. The summed E-state index contributed by atoms with van der Waals surface area (Å²) in [6.45, 7) is 5.34. The third-order valence-corrected chi connectivity index (χ3v) is 13.6. The van der Waals surface area contributed by atoms with Crippen LogP contribution in [0.1, 0.15) is 53.7 Å². The van der Waals surface area contributed by atoms with Crippen LogP contribution in [0, 0.1) is 0 Å². The summed E-state index contributed by atoms with van der Waals surface area (Å²) in [4.78, 5) is 70.2. The van der Waals surface area contributed by atoms with Gasteiger partial charge in [-0.05, 0) is 87.2 Å². The van der Waals surface area contributed by atoms with Gasteiger partial charge < -0.3 is 64.7 Å². The minimum Gasteiger partial charge on any atom is -0.507 e. The molecule has 66 heavy (non-hydrogen) atoms. The highest BCUT2D eigenvalue weighted by Gasteiger charge is 2.58. The van der Waals surface area contributed by atoms with Crippen LogP contribution in [0.25, 0.3) is 10.9 Å². The van der Waals surface area contributed by atoms with Gasteiger partial charge in [0.05, 0.1) is 69.6 Å². The van der Waals surface area contributed by atoms with Gasteiger partial charge in [0.2, 0.25) is 5.54 Å². The van der Waals surface area contributed by atoms with E-state index in [-0.39, 0.29) is 59.6 Å². The first-order chi connectivity index (χ1) is 32.1. The van der Waals surface area contributed by atoms with Gasteiger partial charge in [-0.3, -0.25) is 9.59 Å². The maximum atomic E-state index is 14.0. The molecule has 3 aromatic rings.